The molecule has 10 nitrogen and oxygen atoms in total. The summed E-state index contributed by atoms with van der Waals surface area (Å²) < 4.78 is 7.18. The average Bonchev–Trinajstić information content (AvgIpc) is 3.07. The second-order valence-corrected chi connectivity index (χ2v) is 5.54. The average molecular weight is 329 g/mol. The molecule has 1 aliphatic rings. The fraction of sp³-hybridized carbons (Fsp3) is 0.429. The van der Waals surface area contributed by atoms with E-state index in [1.165, 1.54) is 10.8 Å². The van der Waals surface area contributed by atoms with Gasteiger partial charge in [0.1, 0.15) is 17.9 Å². The maximum absolute atomic E-state index is 10.6. The van der Waals surface area contributed by atoms with E-state index < -0.39 is 30.5 Å². The van der Waals surface area contributed by atoms with Gasteiger partial charge >= 0.3 is 0 Å². The molecule has 0 unspecified atom stereocenters. The third-order valence-electron chi connectivity index (χ3n) is 4.36. The highest BCUT2D eigenvalue weighted by atomic mass is 16.6. The number of ether oxygens (including phenoxy) is 1. The number of nitrogens with two attached hydrogens (primary N) is 1. The van der Waals surface area contributed by atoms with E-state index in [1.54, 1.807) is 13.0 Å². The number of hydrogen-bond donors (Lipinski definition) is 3. The highest BCUT2D eigenvalue weighted by molar-refractivity contribution is 5.75. The molecule has 1 aliphatic heterocycles. The first-order valence-electron chi connectivity index (χ1n) is 7.10. The molecule has 4 atom stereocenters. The summed E-state index contributed by atoms with van der Waals surface area (Å²) in [5.74, 6) is 2.03. The lowest BCUT2D eigenvalue weighted by Gasteiger charge is -2.24. The number of rotatable bonds is 3. The van der Waals surface area contributed by atoms with Gasteiger partial charge in [0, 0.05) is 10.8 Å². The Balaban J connectivity index is 2.17. The molecule has 10 heteroatoms. The molecule has 0 amide bonds. The quantitative estimate of drug-likeness (QED) is 0.319. The summed E-state index contributed by atoms with van der Waals surface area (Å²) in [4.78, 5) is 6.62. The first-order valence-corrected chi connectivity index (χ1v) is 7.10. The molecule has 124 valence electrons. The van der Waals surface area contributed by atoms with E-state index in [0.29, 0.717) is 16.8 Å². The van der Waals surface area contributed by atoms with Crippen molar-refractivity contribution >= 4 is 11.3 Å². The number of hydrogen-bond acceptors (Lipinski definition) is 7. The molecule has 0 aliphatic carbocycles. The van der Waals surface area contributed by atoms with Crippen LogP contribution in [-0.2, 0) is 4.74 Å². The number of aliphatic hydroxyl groups excluding tert-OH is 2. The third-order valence-corrected chi connectivity index (χ3v) is 4.36. The predicted molar refractivity (Wildman–Crippen MR) is 83.3 cm³/mol. The van der Waals surface area contributed by atoms with Crippen LogP contribution in [0, 0.1) is 18.3 Å². The second-order valence-electron chi connectivity index (χ2n) is 5.54. The zero-order chi connectivity index (χ0) is 17.5. The van der Waals surface area contributed by atoms with Crippen LogP contribution in [0.15, 0.2) is 17.5 Å². The molecule has 0 radical (unpaired) electrons. The molecular weight excluding hydrogens is 314 g/mol. The van der Waals surface area contributed by atoms with E-state index in [-0.39, 0.29) is 5.82 Å². The van der Waals surface area contributed by atoms with Gasteiger partial charge in [-0.1, -0.05) is 18.0 Å². The Hall–Kier alpha value is -2.83. The van der Waals surface area contributed by atoms with Crippen LogP contribution in [0.3, 0.4) is 0 Å². The van der Waals surface area contributed by atoms with Crippen molar-refractivity contribution < 1.29 is 14.9 Å². The Bertz CT molecular complexity index is 882. The van der Waals surface area contributed by atoms with E-state index in [4.69, 9.17) is 22.4 Å². The molecule has 2 aromatic rings. The zero-order valence-corrected chi connectivity index (χ0v) is 12.7. The Morgan fingerprint density at radius 1 is 1.67 bits per heavy atom. The molecule has 1 fully saturated rings. The van der Waals surface area contributed by atoms with E-state index in [1.807, 2.05) is 0 Å². The van der Waals surface area contributed by atoms with Gasteiger partial charge in [0.05, 0.1) is 24.0 Å². The van der Waals surface area contributed by atoms with Crippen LogP contribution in [0.1, 0.15) is 24.3 Å². The summed E-state index contributed by atoms with van der Waals surface area (Å²) in [7, 11) is 0. The summed E-state index contributed by atoms with van der Waals surface area (Å²) in [6.45, 7) is 1.05. The first-order chi connectivity index (χ1) is 11.5. The molecule has 2 aromatic heterocycles. The lowest BCUT2D eigenvalue weighted by Crippen LogP contribution is -2.37. The normalized spacial score (nSPS) is 29.3. The van der Waals surface area contributed by atoms with Crippen molar-refractivity contribution in [3.63, 3.8) is 0 Å². The lowest BCUT2D eigenvalue weighted by molar-refractivity contribution is -0.0882. The molecule has 0 aromatic carbocycles. The molecule has 1 saturated heterocycles. The molecule has 3 rings (SSSR count). The number of azide groups is 1. The van der Waals surface area contributed by atoms with Crippen molar-refractivity contribution in [2.45, 2.75) is 24.9 Å². The summed E-state index contributed by atoms with van der Waals surface area (Å²) in [5.41, 5.74) is 14.3. The van der Waals surface area contributed by atoms with Crippen LogP contribution in [0.2, 0.25) is 0 Å². The number of anilines is 1. The van der Waals surface area contributed by atoms with Gasteiger partial charge in [-0.3, -0.25) is 0 Å². The summed E-state index contributed by atoms with van der Waals surface area (Å²) in [5, 5.41) is 27.8. The van der Waals surface area contributed by atoms with Gasteiger partial charge in [-0.05, 0) is 11.6 Å². The van der Waals surface area contributed by atoms with Crippen LogP contribution in [0.25, 0.3) is 16.0 Å². The van der Waals surface area contributed by atoms with E-state index in [0.717, 1.165) is 0 Å². The van der Waals surface area contributed by atoms with E-state index in [2.05, 4.69) is 26.0 Å². The molecule has 0 saturated carbocycles. The number of aliphatic hydroxyl groups is 2. The van der Waals surface area contributed by atoms with Crippen molar-refractivity contribution in [3.8, 4) is 12.3 Å². The van der Waals surface area contributed by atoms with Gasteiger partial charge in [0.2, 0.25) is 0 Å². The van der Waals surface area contributed by atoms with Crippen LogP contribution < -0.4 is 5.73 Å². The van der Waals surface area contributed by atoms with Gasteiger partial charge in [-0.25, -0.2) is 9.50 Å². The van der Waals surface area contributed by atoms with Crippen molar-refractivity contribution in [1.29, 1.82) is 0 Å². The highest BCUT2D eigenvalue weighted by Gasteiger charge is 2.53. The van der Waals surface area contributed by atoms with Crippen molar-refractivity contribution in [2.75, 3.05) is 12.3 Å². The van der Waals surface area contributed by atoms with Crippen LogP contribution in [-0.4, -0.2) is 43.2 Å². The Labute approximate surface area is 136 Å². The second kappa shape index (κ2) is 5.67. The molecular formula is C14H15N7O3. The summed E-state index contributed by atoms with van der Waals surface area (Å²) in [6, 6.07) is 1.60. The maximum Gasteiger partial charge on any atom is 0.175 e. The number of terminal acetylenes is 1. The molecule has 24 heavy (non-hydrogen) atoms. The van der Waals surface area contributed by atoms with Gasteiger partial charge in [-0.2, -0.15) is 5.10 Å². The standard InChI is InChI=1S/C14H15N7O3/c1-3-8-4-9(21-10(8)13(15)17-6-18-21)12-11(23)7(2)14(5-22,24-12)19-20-16/h1,4,6-7,11-12,22-23H,5H2,2H3,(H2,15,17,18)/t7-,11-,12-,14+/m0/s1. The zero-order valence-electron chi connectivity index (χ0n) is 12.7. The number of nitrogen functional groups attached to an aromatic ring is 1. The largest absolute Gasteiger partial charge is 0.393 e. The summed E-state index contributed by atoms with van der Waals surface area (Å²) in [6.07, 6.45) is 4.79. The Morgan fingerprint density at radius 3 is 3.04 bits per heavy atom. The van der Waals surface area contributed by atoms with Crippen molar-refractivity contribution in [3.05, 3.63) is 34.1 Å². The minimum atomic E-state index is -1.57. The van der Waals surface area contributed by atoms with Crippen LogP contribution in [0.5, 0.6) is 0 Å². The molecule has 3 heterocycles. The SMILES string of the molecule is C#Cc1cc([C@@H]2O[C@@](CO)(N=[N+]=[N-])[C@@H](C)[C@@H]2O)n2ncnc(N)c12. The van der Waals surface area contributed by atoms with Gasteiger partial charge in [0.25, 0.3) is 0 Å². The van der Waals surface area contributed by atoms with Crippen molar-refractivity contribution in [1.82, 2.24) is 14.6 Å². The third kappa shape index (κ3) is 2.08. The molecule has 4 N–H and O–H groups in total. The number of fused-ring (bicyclic) bond motifs is 1. The van der Waals surface area contributed by atoms with Gasteiger partial charge in [-0.15, -0.1) is 6.42 Å². The van der Waals surface area contributed by atoms with Crippen LogP contribution in [0.4, 0.5) is 5.82 Å². The number of aromatic nitrogens is 3. The predicted octanol–water partition coefficient (Wildman–Crippen LogP) is 0.360. The topological polar surface area (TPSA) is 155 Å². The minimum Gasteiger partial charge on any atom is -0.393 e. The minimum absolute atomic E-state index is 0.188. The smallest absolute Gasteiger partial charge is 0.175 e. The van der Waals surface area contributed by atoms with Crippen molar-refractivity contribution in [2.24, 2.45) is 11.0 Å². The van der Waals surface area contributed by atoms with Gasteiger partial charge < -0.3 is 20.7 Å². The molecule has 0 bridgehead atoms. The Kier molecular flexibility index (Phi) is 3.79. The Morgan fingerprint density at radius 2 is 2.42 bits per heavy atom. The number of nitrogens with zero attached hydrogens (tertiary/aromatic N) is 6. The monoisotopic (exact) mass is 329 g/mol. The summed E-state index contributed by atoms with van der Waals surface area (Å²) >= 11 is 0. The van der Waals surface area contributed by atoms with Gasteiger partial charge in [0.15, 0.2) is 11.5 Å². The highest BCUT2D eigenvalue weighted by Crippen LogP contribution is 2.45. The fourth-order valence-electron chi connectivity index (χ4n) is 2.97. The fourth-order valence-corrected chi connectivity index (χ4v) is 2.97. The van der Waals surface area contributed by atoms with Crippen LogP contribution >= 0.6 is 0 Å². The first kappa shape index (κ1) is 16.0. The maximum atomic E-state index is 10.6. The lowest BCUT2D eigenvalue weighted by atomic mass is 9.93. The molecule has 0 spiro atoms. The van der Waals surface area contributed by atoms with E-state index in [9.17, 15) is 10.2 Å². The van der Waals surface area contributed by atoms with E-state index >= 15 is 0 Å².